The van der Waals surface area contributed by atoms with Crippen LogP contribution in [0.5, 0.6) is 0 Å². The molecule has 2 heterocycles. The molecule has 1 fully saturated rings. The van der Waals surface area contributed by atoms with E-state index in [1.807, 2.05) is 6.07 Å². The Labute approximate surface area is 141 Å². The minimum absolute atomic E-state index is 0.169. The number of piperidine rings is 1. The lowest BCUT2D eigenvalue weighted by Crippen LogP contribution is -2.37. The summed E-state index contributed by atoms with van der Waals surface area (Å²) in [6.45, 7) is 5.31. The predicted octanol–water partition coefficient (Wildman–Crippen LogP) is 5.20. The van der Waals surface area contributed by atoms with Crippen LogP contribution >= 0.6 is 0 Å². The fourth-order valence-electron chi connectivity index (χ4n) is 4.03. The first-order valence-electron chi connectivity index (χ1n) is 8.63. The van der Waals surface area contributed by atoms with Gasteiger partial charge in [0.2, 0.25) is 0 Å². The fraction of sp³-hybridized carbons (Fsp3) is 0.333. The van der Waals surface area contributed by atoms with Crippen molar-refractivity contribution in [1.29, 1.82) is 0 Å². The van der Waals surface area contributed by atoms with Gasteiger partial charge in [-0.05, 0) is 48.6 Å². The zero-order chi connectivity index (χ0) is 16.5. The minimum Gasteiger partial charge on any atom is -0.464 e. The van der Waals surface area contributed by atoms with Gasteiger partial charge in [-0.2, -0.15) is 0 Å². The van der Waals surface area contributed by atoms with Gasteiger partial charge in [0.05, 0.1) is 6.26 Å². The Morgan fingerprint density at radius 3 is 2.79 bits per heavy atom. The van der Waals surface area contributed by atoms with Gasteiger partial charge in [-0.1, -0.05) is 37.3 Å². The molecule has 0 saturated carbocycles. The molecule has 2 aromatic carbocycles. The average Bonchev–Trinajstić information content (AvgIpc) is 3.03. The van der Waals surface area contributed by atoms with E-state index in [9.17, 15) is 4.39 Å². The van der Waals surface area contributed by atoms with Gasteiger partial charge in [0, 0.05) is 24.0 Å². The number of hydrogen-bond donors (Lipinski definition) is 0. The van der Waals surface area contributed by atoms with Gasteiger partial charge in [-0.3, -0.25) is 4.90 Å². The molecule has 2 atom stereocenters. The van der Waals surface area contributed by atoms with Crippen LogP contribution in [0.2, 0.25) is 0 Å². The van der Waals surface area contributed by atoms with Crippen LogP contribution in [0, 0.1) is 11.7 Å². The smallest absolute Gasteiger partial charge is 0.137 e. The topological polar surface area (TPSA) is 16.4 Å². The number of likely N-dealkylation sites (tertiary alicyclic amines) is 1. The van der Waals surface area contributed by atoms with Crippen molar-refractivity contribution in [3.63, 3.8) is 0 Å². The quantitative estimate of drug-likeness (QED) is 0.659. The molecule has 1 aliphatic heterocycles. The number of hydrogen-bond acceptors (Lipinski definition) is 2. The van der Waals surface area contributed by atoms with E-state index < -0.39 is 0 Å². The van der Waals surface area contributed by atoms with Crippen molar-refractivity contribution in [1.82, 2.24) is 4.90 Å². The van der Waals surface area contributed by atoms with Crippen molar-refractivity contribution in [3.05, 3.63) is 71.7 Å². The fourth-order valence-corrected chi connectivity index (χ4v) is 4.03. The molecular weight excluding hydrogens is 301 g/mol. The number of fused-ring (bicyclic) bond motifs is 1. The van der Waals surface area contributed by atoms with Gasteiger partial charge in [0.15, 0.2) is 0 Å². The molecule has 0 unspecified atom stereocenters. The second kappa shape index (κ2) is 6.40. The van der Waals surface area contributed by atoms with E-state index in [1.54, 1.807) is 18.4 Å². The van der Waals surface area contributed by atoms with E-state index in [0.717, 1.165) is 42.6 Å². The molecule has 2 nitrogen and oxygen atoms in total. The maximum absolute atomic E-state index is 14.0. The lowest BCUT2D eigenvalue weighted by Gasteiger charge is -2.37. The molecule has 3 heteroatoms. The summed E-state index contributed by atoms with van der Waals surface area (Å²) in [4.78, 5) is 2.50. The van der Waals surface area contributed by atoms with Crippen LogP contribution in [-0.4, -0.2) is 18.0 Å². The second-order valence-electron chi connectivity index (χ2n) is 6.93. The summed E-state index contributed by atoms with van der Waals surface area (Å²) in [7, 11) is 0. The zero-order valence-electron chi connectivity index (χ0n) is 13.9. The largest absolute Gasteiger partial charge is 0.464 e. The Morgan fingerprint density at radius 1 is 1.17 bits per heavy atom. The molecule has 0 aliphatic carbocycles. The van der Waals surface area contributed by atoms with Crippen LogP contribution in [-0.2, 0) is 6.54 Å². The van der Waals surface area contributed by atoms with Crippen LogP contribution in [0.4, 0.5) is 4.39 Å². The highest BCUT2D eigenvalue weighted by atomic mass is 19.1. The van der Waals surface area contributed by atoms with Gasteiger partial charge in [-0.15, -0.1) is 0 Å². The summed E-state index contributed by atoms with van der Waals surface area (Å²) in [6.07, 6.45) is 2.69. The van der Waals surface area contributed by atoms with Crippen molar-refractivity contribution in [2.75, 3.05) is 13.1 Å². The van der Waals surface area contributed by atoms with E-state index in [2.05, 4.69) is 42.2 Å². The minimum atomic E-state index is -0.169. The summed E-state index contributed by atoms with van der Waals surface area (Å²) in [5, 5.41) is 0.865. The van der Waals surface area contributed by atoms with Crippen molar-refractivity contribution >= 4 is 11.0 Å². The van der Waals surface area contributed by atoms with Crippen LogP contribution in [0.25, 0.3) is 11.0 Å². The maximum atomic E-state index is 14.0. The third kappa shape index (κ3) is 2.96. The summed E-state index contributed by atoms with van der Waals surface area (Å²) in [6, 6.07) is 15.6. The third-order valence-corrected chi connectivity index (χ3v) is 5.18. The Morgan fingerprint density at radius 2 is 2.00 bits per heavy atom. The summed E-state index contributed by atoms with van der Waals surface area (Å²) < 4.78 is 19.6. The molecule has 1 saturated heterocycles. The number of benzene rings is 2. The highest BCUT2D eigenvalue weighted by molar-refractivity contribution is 5.81. The highest BCUT2D eigenvalue weighted by Crippen LogP contribution is 2.37. The summed E-state index contributed by atoms with van der Waals surface area (Å²) >= 11 is 0. The molecule has 1 aromatic heterocycles. The molecule has 0 N–H and O–H groups in total. The van der Waals surface area contributed by atoms with Crippen molar-refractivity contribution in [3.8, 4) is 0 Å². The van der Waals surface area contributed by atoms with Gasteiger partial charge < -0.3 is 4.42 Å². The Hall–Kier alpha value is -2.13. The monoisotopic (exact) mass is 323 g/mol. The van der Waals surface area contributed by atoms with E-state index in [0.29, 0.717) is 11.8 Å². The second-order valence-corrected chi connectivity index (χ2v) is 6.93. The van der Waals surface area contributed by atoms with Crippen LogP contribution in [0.1, 0.15) is 30.4 Å². The molecule has 0 radical (unpaired) electrons. The third-order valence-electron chi connectivity index (χ3n) is 5.18. The van der Waals surface area contributed by atoms with Crippen molar-refractivity contribution < 1.29 is 8.81 Å². The van der Waals surface area contributed by atoms with E-state index in [-0.39, 0.29) is 5.82 Å². The molecule has 4 rings (SSSR count). The predicted molar refractivity (Wildman–Crippen MR) is 94.4 cm³/mol. The average molecular weight is 323 g/mol. The summed E-state index contributed by atoms with van der Waals surface area (Å²) in [5.41, 5.74) is 3.23. The van der Waals surface area contributed by atoms with Crippen molar-refractivity contribution in [2.45, 2.75) is 25.8 Å². The highest BCUT2D eigenvalue weighted by Gasteiger charge is 2.29. The van der Waals surface area contributed by atoms with E-state index >= 15 is 0 Å². The number of nitrogens with zero attached hydrogens (tertiary/aromatic N) is 1. The Balaban J connectivity index is 1.53. The first-order chi connectivity index (χ1) is 11.7. The van der Waals surface area contributed by atoms with Crippen LogP contribution < -0.4 is 0 Å². The molecule has 0 amide bonds. The Kier molecular flexibility index (Phi) is 4.11. The van der Waals surface area contributed by atoms with Gasteiger partial charge >= 0.3 is 0 Å². The lowest BCUT2D eigenvalue weighted by atomic mass is 9.81. The molecule has 1 aliphatic rings. The van der Waals surface area contributed by atoms with Gasteiger partial charge in [-0.25, -0.2) is 4.39 Å². The molecule has 0 bridgehead atoms. The zero-order valence-corrected chi connectivity index (χ0v) is 13.9. The summed E-state index contributed by atoms with van der Waals surface area (Å²) in [5.74, 6) is 0.650. The number of rotatable bonds is 3. The number of furan rings is 1. The molecule has 24 heavy (non-hydrogen) atoms. The normalized spacial score (nSPS) is 22.1. The maximum Gasteiger partial charge on any atom is 0.137 e. The Bertz CT molecular complexity index is 826. The van der Waals surface area contributed by atoms with Crippen LogP contribution in [0.3, 0.4) is 0 Å². The standard InChI is InChI=1S/C21H22FNO/c1-15-13-23(14-16-5-3-2-4-6-16)9-7-19(15)20-12-18(22)11-17-8-10-24-21(17)20/h2-6,8,10-12,15,19H,7,9,13-14H2,1H3/t15-,19-/m0/s1. The van der Waals surface area contributed by atoms with Gasteiger partial charge in [0.25, 0.3) is 0 Å². The van der Waals surface area contributed by atoms with Crippen molar-refractivity contribution in [2.24, 2.45) is 5.92 Å². The molecular formula is C21H22FNO. The van der Waals surface area contributed by atoms with E-state index in [1.165, 1.54) is 5.56 Å². The first-order valence-corrected chi connectivity index (χ1v) is 8.63. The number of halogens is 1. The van der Waals surface area contributed by atoms with Gasteiger partial charge in [0.1, 0.15) is 11.4 Å². The van der Waals surface area contributed by atoms with Crippen LogP contribution in [0.15, 0.2) is 59.2 Å². The lowest BCUT2D eigenvalue weighted by molar-refractivity contribution is 0.156. The molecule has 124 valence electrons. The molecule has 0 spiro atoms. The molecule has 3 aromatic rings. The SMILES string of the molecule is C[C@H]1CN(Cc2ccccc2)CC[C@@H]1c1cc(F)cc2ccoc12. The first kappa shape index (κ1) is 15.4. The van der Waals surface area contributed by atoms with E-state index in [4.69, 9.17) is 4.42 Å².